The molecule has 4 N–H and O–H groups in total. The molecule has 5 rings (SSSR count). The number of fused-ring (bicyclic) bond motifs is 2. The molecule has 2 heterocycles. The molecule has 0 saturated carbocycles. The molecule has 1 aliphatic carbocycles. The van der Waals surface area contributed by atoms with Crippen molar-refractivity contribution < 1.29 is 4.79 Å². The first-order valence-electron chi connectivity index (χ1n) is 10.9. The van der Waals surface area contributed by atoms with E-state index in [-0.39, 0.29) is 5.91 Å². The van der Waals surface area contributed by atoms with Gasteiger partial charge in [0.15, 0.2) is 0 Å². The maximum Gasteiger partial charge on any atom is 0.256 e. The second kappa shape index (κ2) is 7.96. The first-order valence-corrected chi connectivity index (χ1v) is 10.9. The van der Waals surface area contributed by atoms with Crippen LogP contribution in [0.25, 0.3) is 22.8 Å². The van der Waals surface area contributed by atoms with E-state index < -0.39 is 0 Å². The maximum absolute atomic E-state index is 12.8. The van der Waals surface area contributed by atoms with Crippen LogP contribution in [0.4, 0.5) is 5.69 Å². The molecule has 3 aromatic rings. The summed E-state index contributed by atoms with van der Waals surface area (Å²) < 4.78 is 0. The highest BCUT2D eigenvalue weighted by Crippen LogP contribution is 2.37. The third kappa shape index (κ3) is 3.37. The van der Waals surface area contributed by atoms with Crippen molar-refractivity contribution in [2.24, 2.45) is 5.73 Å². The Hall–Kier alpha value is -3.11. The van der Waals surface area contributed by atoms with E-state index in [1.165, 1.54) is 29.7 Å². The Labute approximate surface area is 177 Å². The third-order valence-electron chi connectivity index (χ3n) is 6.27. The monoisotopic (exact) mass is 397 g/mol. The fraction of sp³-hybridized carbons (Fsp3) is 0.269. The predicted octanol–water partition coefficient (Wildman–Crippen LogP) is 4.94. The van der Waals surface area contributed by atoms with Crippen LogP contribution in [0.2, 0.25) is 0 Å². The molecule has 1 amide bonds. The van der Waals surface area contributed by atoms with Crippen LogP contribution in [0.15, 0.2) is 48.5 Å². The number of carbonyl (C=O) groups is 1. The number of nitrogens with one attached hydrogen (secondary N) is 2. The van der Waals surface area contributed by atoms with E-state index in [4.69, 9.17) is 5.73 Å². The van der Waals surface area contributed by atoms with Crippen LogP contribution in [0, 0.1) is 0 Å². The van der Waals surface area contributed by atoms with Crippen molar-refractivity contribution in [3.63, 3.8) is 0 Å². The summed E-state index contributed by atoms with van der Waals surface area (Å²) in [6.45, 7) is 0.682. The summed E-state index contributed by atoms with van der Waals surface area (Å²) in [5.74, 6) is -0.0347. The summed E-state index contributed by atoms with van der Waals surface area (Å²) >= 11 is 0. The lowest BCUT2D eigenvalue weighted by Gasteiger charge is -2.12. The highest BCUT2D eigenvalue weighted by molar-refractivity contribution is 6.35. The summed E-state index contributed by atoms with van der Waals surface area (Å²) in [6, 6.07) is 16.5. The first-order chi connectivity index (χ1) is 14.7. The van der Waals surface area contributed by atoms with Crippen LogP contribution in [0.1, 0.15) is 47.3 Å². The largest absolute Gasteiger partial charge is 0.358 e. The van der Waals surface area contributed by atoms with Crippen molar-refractivity contribution in [2.45, 2.75) is 38.5 Å². The Morgan fingerprint density at radius 1 is 1.00 bits per heavy atom. The summed E-state index contributed by atoms with van der Waals surface area (Å²) in [5.41, 5.74) is 15.9. The zero-order valence-electron chi connectivity index (χ0n) is 17.1. The highest BCUT2D eigenvalue weighted by Gasteiger charge is 2.26. The van der Waals surface area contributed by atoms with Gasteiger partial charge >= 0.3 is 0 Å². The summed E-state index contributed by atoms with van der Waals surface area (Å²) in [7, 11) is 0. The zero-order chi connectivity index (χ0) is 20.5. The minimum absolute atomic E-state index is 0.0347. The van der Waals surface area contributed by atoms with Crippen molar-refractivity contribution in [2.75, 3.05) is 11.9 Å². The number of amides is 1. The SMILES string of the molecule is NCCCc1c(/C=C2\C(=O)Nc3cc(-c4ccccc4)ccc32)[nH]c2c1CCCC2. The number of benzene rings is 2. The van der Waals surface area contributed by atoms with Crippen LogP contribution >= 0.6 is 0 Å². The van der Waals surface area contributed by atoms with Crippen molar-refractivity contribution in [1.29, 1.82) is 0 Å². The minimum Gasteiger partial charge on any atom is -0.358 e. The van der Waals surface area contributed by atoms with Crippen molar-refractivity contribution >= 4 is 23.2 Å². The van der Waals surface area contributed by atoms with Gasteiger partial charge in [-0.2, -0.15) is 0 Å². The molecule has 0 radical (unpaired) electrons. The van der Waals surface area contributed by atoms with Gasteiger partial charge in [-0.1, -0.05) is 42.5 Å². The number of aryl methyl sites for hydroxylation is 1. The summed E-state index contributed by atoms with van der Waals surface area (Å²) in [5, 5.41) is 3.06. The van der Waals surface area contributed by atoms with Gasteiger partial charge in [0.2, 0.25) is 0 Å². The first kappa shape index (κ1) is 18.9. The van der Waals surface area contributed by atoms with Crippen LogP contribution in [0.3, 0.4) is 0 Å². The lowest BCUT2D eigenvalue weighted by atomic mass is 9.92. The van der Waals surface area contributed by atoms with Crippen LogP contribution < -0.4 is 11.1 Å². The number of aromatic amines is 1. The van der Waals surface area contributed by atoms with Crippen molar-refractivity contribution in [1.82, 2.24) is 4.98 Å². The van der Waals surface area contributed by atoms with Gasteiger partial charge in [-0.25, -0.2) is 0 Å². The number of hydrogen-bond acceptors (Lipinski definition) is 2. The predicted molar refractivity (Wildman–Crippen MR) is 123 cm³/mol. The standard InChI is InChI=1S/C26H27N3O/c27-14-6-10-20-19-9-4-5-11-23(19)28-25(20)16-22-21-13-12-18(15-24(21)29-26(22)30)17-7-2-1-3-8-17/h1-3,7-8,12-13,15-16,28H,4-6,9-11,14,27H2,(H,29,30)/b22-16-. The molecule has 2 aliphatic rings. The van der Waals surface area contributed by atoms with Gasteiger partial charge in [0.25, 0.3) is 5.91 Å². The molecular formula is C26H27N3O. The topological polar surface area (TPSA) is 70.9 Å². The molecule has 0 unspecified atom stereocenters. The van der Waals surface area contributed by atoms with E-state index in [0.717, 1.165) is 59.3 Å². The minimum atomic E-state index is -0.0347. The Balaban J connectivity index is 1.54. The van der Waals surface area contributed by atoms with Crippen molar-refractivity contribution in [3.05, 3.63) is 76.6 Å². The Kier molecular flexibility index (Phi) is 5.01. The van der Waals surface area contributed by atoms with Gasteiger partial charge < -0.3 is 16.0 Å². The number of aromatic nitrogens is 1. The van der Waals surface area contributed by atoms with E-state index in [1.54, 1.807) is 0 Å². The highest BCUT2D eigenvalue weighted by atomic mass is 16.2. The molecule has 0 fully saturated rings. The molecule has 0 bridgehead atoms. The average molecular weight is 398 g/mol. The molecule has 1 aliphatic heterocycles. The van der Waals surface area contributed by atoms with Gasteiger partial charge in [-0.15, -0.1) is 0 Å². The van der Waals surface area contributed by atoms with E-state index in [2.05, 4.69) is 40.6 Å². The lowest BCUT2D eigenvalue weighted by molar-refractivity contribution is -0.110. The molecule has 4 heteroatoms. The van der Waals surface area contributed by atoms with Crippen LogP contribution in [-0.4, -0.2) is 17.4 Å². The molecule has 152 valence electrons. The lowest BCUT2D eigenvalue weighted by Crippen LogP contribution is -2.05. The number of nitrogens with two attached hydrogens (primary N) is 1. The molecule has 0 saturated heterocycles. The van der Waals surface area contributed by atoms with E-state index in [0.29, 0.717) is 6.54 Å². The number of hydrogen-bond donors (Lipinski definition) is 3. The van der Waals surface area contributed by atoms with Gasteiger partial charge in [0.1, 0.15) is 0 Å². The number of anilines is 1. The molecule has 1 aromatic heterocycles. The van der Waals surface area contributed by atoms with Crippen LogP contribution in [-0.2, 0) is 24.1 Å². The molecule has 30 heavy (non-hydrogen) atoms. The molecule has 4 nitrogen and oxygen atoms in total. The second-order valence-corrected chi connectivity index (χ2v) is 8.21. The Morgan fingerprint density at radius 3 is 2.67 bits per heavy atom. The number of H-pyrrole nitrogens is 1. The summed E-state index contributed by atoms with van der Waals surface area (Å²) in [6.07, 6.45) is 8.66. The molecule has 0 spiro atoms. The van der Waals surface area contributed by atoms with Gasteiger partial charge in [-0.3, -0.25) is 4.79 Å². The second-order valence-electron chi connectivity index (χ2n) is 8.21. The fourth-order valence-corrected chi connectivity index (χ4v) is 4.76. The quantitative estimate of drug-likeness (QED) is 0.534. The van der Waals surface area contributed by atoms with E-state index in [9.17, 15) is 4.79 Å². The Morgan fingerprint density at radius 2 is 1.83 bits per heavy atom. The Bertz CT molecular complexity index is 1120. The molecular weight excluding hydrogens is 370 g/mol. The van der Waals surface area contributed by atoms with Gasteiger partial charge in [-0.05, 0) is 79.5 Å². The third-order valence-corrected chi connectivity index (χ3v) is 6.27. The molecule has 0 atom stereocenters. The smallest absolute Gasteiger partial charge is 0.256 e. The van der Waals surface area contributed by atoms with Gasteiger partial charge in [0.05, 0.1) is 5.57 Å². The molecule has 2 aromatic carbocycles. The average Bonchev–Trinajstić information content (AvgIpc) is 3.29. The zero-order valence-corrected chi connectivity index (χ0v) is 17.1. The number of carbonyl (C=O) groups excluding carboxylic acids is 1. The number of rotatable bonds is 5. The normalized spacial score (nSPS) is 16.4. The van der Waals surface area contributed by atoms with E-state index in [1.807, 2.05) is 24.3 Å². The van der Waals surface area contributed by atoms with Gasteiger partial charge in [0, 0.05) is 22.6 Å². The maximum atomic E-state index is 12.8. The fourth-order valence-electron chi connectivity index (χ4n) is 4.76. The summed E-state index contributed by atoms with van der Waals surface area (Å²) in [4.78, 5) is 16.5. The van der Waals surface area contributed by atoms with E-state index >= 15 is 0 Å². The van der Waals surface area contributed by atoms with Crippen LogP contribution in [0.5, 0.6) is 0 Å². The van der Waals surface area contributed by atoms with Crippen molar-refractivity contribution in [3.8, 4) is 11.1 Å².